The Morgan fingerprint density at radius 1 is 1.00 bits per heavy atom. The van der Waals surface area contributed by atoms with Crippen LogP contribution in [-0.4, -0.2) is 48.4 Å². The molecule has 1 fully saturated rings. The van der Waals surface area contributed by atoms with Crippen molar-refractivity contribution < 1.29 is 0 Å². The van der Waals surface area contributed by atoms with E-state index in [-0.39, 0.29) is 0 Å². The maximum absolute atomic E-state index is 4.60. The highest BCUT2D eigenvalue weighted by molar-refractivity contribution is 9.10. The number of hydrogen-bond donors (Lipinski definition) is 2. The molecule has 0 spiro atoms. The molecule has 4 rings (SSSR count). The summed E-state index contributed by atoms with van der Waals surface area (Å²) in [6.45, 7) is 1.90. The molecule has 1 aromatic heterocycles. The Morgan fingerprint density at radius 3 is 2.45 bits per heavy atom. The van der Waals surface area contributed by atoms with Crippen LogP contribution in [0.2, 0.25) is 0 Å². The van der Waals surface area contributed by atoms with Gasteiger partial charge in [-0.15, -0.1) is 0 Å². The smallest absolute Gasteiger partial charge is 0.250 e. The lowest BCUT2D eigenvalue weighted by molar-refractivity contribution is 0.883. The lowest BCUT2D eigenvalue weighted by atomic mass is 10.2. The topological polar surface area (TPSA) is 81.6 Å². The molecule has 1 saturated heterocycles. The zero-order valence-corrected chi connectivity index (χ0v) is 19.2. The van der Waals surface area contributed by atoms with Crippen LogP contribution in [0.5, 0.6) is 0 Å². The molecule has 0 radical (unpaired) electrons. The van der Waals surface area contributed by atoms with Gasteiger partial charge in [-0.2, -0.15) is 20.1 Å². The van der Waals surface area contributed by atoms with Gasteiger partial charge in [0.2, 0.25) is 17.8 Å². The molecule has 160 valence electrons. The van der Waals surface area contributed by atoms with E-state index >= 15 is 0 Å². The zero-order chi connectivity index (χ0) is 21.6. The van der Waals surface area contributed by atoms with Crippen LogP contribution in [0.3, 0.4) is 0 Å². The van der Waals surface area contributed by atoms with Crippen molar-refractivity contribution in [3.63, 3.8) is 0 Å². The van der Waals surface area contributed by atoms with Gasteiger partial charge in [0.05, 0.1) is 11.9 Å². The summed E-state index contributed by atoms with van der Waals surface area (Å²) in [6, 6.07) is 15.9. The molecule has 8 nitrogen and oxygen atoms in total. The molecule has 0 saturated carbocycles. The van der Waals surface area contributed by atoms with Gasteiger partial charge in [0.1, 0.15) is 0 Å². The Labute approximate surface area is 190 Å². The fraction of sp³-hybridized carbons (Fsp3) is 0.273. The van der Waals surface area contributed by atoms with E-state index in [1.165, 1.54) is 0 Å². The largest absolute Gasteiger partial charge is 0.377 e. The highest BCUT2D eigenvalue weighted by Crippen LogP contribution is 2.25. The van der Waals surface area contributed by atoms with E-state index in [2.05, 4.69) is 56.5 Å². The lowest BCUT2D eigenvalue weighted by Gasteiger charge is -2.16. The SMILES string of the molecule is CN(C)c1ccc(/C=N/Nc2nc(Nc3ccccc3)nc(N3CCCC3)n2)cc1Br. The van der Waals surface area contributed by atoms with E-state index in [1.807, 2.05) is 62.6 Å². The third-order valence-corrected chi connectivity index (χ3v) is 5.51. The van der Waals surface area contributed by atoms with Crippen LogP contribution >= 0.6 is 15.9 Å². The number of nitrogens with one attached hydrogen (secondary N) is 2. The van der Waals surface area contributed by atoms with Crippen molar-refractivity contribution in [1.29, 1.82) is 0 Å². The molecule has 0 unspecified atom stereocenters. The number of nitrogens with zero attached hydrogens (tertiary/aromatic N) is 6. The van der Waals surface area contributed by atoms with Gasteiger partial charge < -0.3 is 15.1 Å². The summed E-state index contributed by atoms with van der Waals surface area (Å²) in [5, 5.41) is 7.58. The first-order valence-corrected chi connectivity index (χ1v) is 11.0. The molecule has 2 N–H and O–H groups in total. The van der Waals surface area contributed by atoms with E-state index in [0.29, 0.717) is 17.8 Å². The standard InChI is InChI=1S/C22H25BrN8/c1-30(2)19-11-10-16(14-18(19)23)15-24-29-21-26-20(25-17-8-4-3-5-9-17)27-22(28-21)31-12-6-7-13-31/h3-5,8-11,14-15H,6-7,12-13H2,1-2H3,(H2,25,26,27,28,29)/b24-15+. The first-order valence-electron chi connectivity index (χ1n) is 10.2. The number of halogens is 1. The molecule has 2 aromatic carbocycles. The Bertz CT molecular complexity index is 1050. The number of benzene rings is 2. The van der Waals surface area contributed by atoms with E-state index in [9.17, 15) is 0 Å². The quantitative estimate of drug-likeness (QED) is 0.380. The fourth-order valence-electron chi connectivity index (χ4n) is 3.31. The van der Waals surface area contributed by atoms with Crippen LogP contribution < -0.4 is 20.5 Å². The minimum Gasteiger partial charge on any atom is -0.377 e. The second kappa shape index (κ2) is 9.74. The first kappa shape index (κ1) is 21.0. The van der Waals surface area contributed by atoms with Crippen LogP contribution in [0.25, 0.3) is 0 Å². The van der Waals surface area contributed by atoms with Crippen molar-refractivity contribution in [3.05, 3.63) is 58.6 Å². The van der Waals surface area contributed by atoms with E-state index in [4.69, 9.17) is 0 Å². The van der Waals surface area contributed by atoms with E-state index in [1.54, 1.807) is 6.21 Å². The summed E-state index contributed by atoms with van der Waals surface area (Å²) in [4.78, 5) is 17.9. The molecule has 0 amide bonds. The van der Waals surface area contributed by atoms with Gasteiger partial charge in [-0.3, -0.25) is 0 Å². The molecule has 0 atom stereocenters. The van der Waals surface area contributed by atoms with Gasteiger partial charge in [0, 0.05) is 37.3 Å². The Morgan fingerprint density at radius 2 is 1.74 bits per heavy atom. The molecular formula is C22H25BrN8. The summed E-state index contributed by atoms with van der Waals surface area (Å²) in [6.07, 6.45) is 4.03. The van der Waals surface area contributed by atoms with Gasteiger partial charge in [0.15, 0.2) is 0 Å². The predicted octanol–water partition coefficient (Wildman–Crippen LogP) is 4.49. The number of hydrogen-bond acceptors (Lipinski definition) is 8. The number of aromatic nitrogens is 3. The highest BCUT2D eigenvalue weighted by atomic mass is 79.9. The third-order valence-electron chi connectivity index (χ3n) is 4.87. The summed E-state index contributed by atoms with van der Waals surface area (Å²) in [5.74, 6) is 1.54. The summed E-state index contributed by atoms with van der Waals surface area (Å²) in [7, 11) is 4.02. The van der Waals surface area contributed by atoms with Crippen molar-refractivity contribution in [2.75, 3.05) is 47.7 Å². The van der Waals surface area contributed by atoms with Crippen LogP contribution in [0, 0.1) is 0 Å². The second-order valence-corrected chi connectivity index (χ2v) is 8.30. The predicted molar refractivity (Wildman–Crippen MR) is 131 cm³/mol. The van der Waals surface area contributed by atoms with Gasteiger partial charge in [-0.1, -0.05) is 24.3 Å². The molecule has 0 aliphatic carbocycles. The summed E-state index contributed by atoms with van der Waals surface area (Å²) < 4.78 is 1.01. The monoisotopic (exact) mass is 480 g/mol. The minimum absolute atomic E-state index is 0.399. The van der Waals surface area contributed by atoms with Crippen LogP contribution in [0.1, 0.15) is 18.4 Å². The van der Waals surface area contributed by atoms with Crippen molar-refractivity contribution in [3.8, 4) is 0 Å². The van der Waals surface area contributed by atoms with Gasteiger partial charge in [0.25, 0.3) is 0 Å². The molecule has 1 aliphatic heterocycles. The highest BCUT2D eigenvalue weighted by Gasteiger charge is 2.17. The van der Waals surface area contributed by atoms with Gasteiger partial charge in [-0.05, 0) is 58.6 Å². The third kappa shape index (κ3) is 5.49. The van der Waals surface area contributed by atoms with Crippen LogP contribution in [-0.2, 0) is 0 Å². The normalized spacial score (nSPS) is 13.6. The molecular weight excluding hydrogens is 456 g/mol. The molecule has 2 heterocycles. The average Bonchev–Trinajstić information content (AvgIpc) is 3.29. The number of hydrazone groups is 1. The Balaban J connectivity index is 1.53. The summed E-state index contributed by atoms with van der Waals surface area (Å²) in [5.41, 5.74) is 5.94. The first-order chi connectivity index (χ1) is 15.1. The molecule has 0 bridgehead atoms. The van der Waals surface area contributed by atoms with Gasteiger partial charge in [-0.25, -0.2) is 5.43 Å². The van der Waals surface area contributed by atoms with Crippen molar-refractivity contribution in [2.45, 2.75) is 12.8 Å². The lowest BCUT2D eigenvalue weighted by Crippen LogP contribution is -2.21. The molecule has 31 heavy (non-hydrogen) atoms. The zero-order valence-electron chi connectivity index (χ0n) is 17.6. The summed E-state index contributed by atoms with van der Waals surface area (Å²) >= 11 is 3.60. The number of anilines is 5. The number of rotatable bonds is 7. The maximum Gasteiger partial charge on any atom is 0.250 e. The molecule has 1 aliphatic rings. The van der Waals surface area contributed by atoms with E-state index in [0.717, 1.165) is 47.3 Å². The Kier molecular flexibility index (Phi) is 6.61. The van der Waals surface area contributed by atoms with Crippen molar-refractivity contribution >= 4 is 51.4 Å². The van der Waals surface area contributed by atoms with Crippen molar-refractivity contribution in [2.24, 2.45) is 5.10 Å². The second-order valence-electron chi connectivity index (χ2n) is 7.44. The minimum atomic E-state index is 0.399. The van der Waals surface area contributed by atoms with Crippen LogP contribution in [0.15, 0.2) is 58.1 Å². The van der Waals surface area contributed by atoms with Gasteiger partial charge >= 0.3 is 0 Å². The molecule has 3 aromatic rings. The Hall–Kier alpha value is -3.20. The fourth-order valence-corrected chi connectivity index (χ4v) is 4.06. The van der Waals surface area contributed by atoms with Crippen LogP contribution in [0.4, 0.5) is 29.2 Å². The number of para-hydroxylation sites is 1. The molecule has 9 heteroatoms. The van der Waals surface area contributed by atoms with Crippen molar-refractivity contribution in [1.82, 2.24) is 15.0 Å². The average molecular weight is 481 g/mol. The van der Waals surface area contributed by atoms with E-state index < -0.39 is 0 Å². The maximum atomic E-state index is 4.60.